The average molecular weight is 411 g/mol. The highest BCUT2D eigenvalue weighted by atomic mass is 32.1. The average Bonchev–Trinajstić information content (AvgIpc) is 3.13. The summed E-state index contributed by atoms with van der Waals surface area (Å²) < 4.78 is 10.9. The Hall–Kier alpha value is -2.39. The molecular formula is C23H30N4OS. The molecule has 0 bridgehead atoms. The van der Waals surface area contributed by atoms with Gasteiger partial charge in [0.25, 0.3) is 0 Å². The first-order valence-corrected chi connectivity index (χ1v) is 11.1. The predicted octanol–water partition coefficient (Wildman–Crippen LogP) is 6.26. The molecule has 0 saturated heterocycles. The summed E-state index contributed by atoms with van der Waals surface area (Å²) >= 11 is 1.29. The van der Waals surface area contributed by atoms with Gasteiger partial charge in [0, 0.05) is 30.5 Å². The standard InChI is InChI=1S/C23H30N4OS/c1-6-27(5)15-25-19-12-17(3)20(13-16(19)2)28-22-18(14-24)21(26-29-22)23(4)10-8-7-9-11-23/h12-13,15H,6-11H2,1-5H3/b25-15-. The van der Waals surface area contributed by atoms with Gasteiger partial charge in [0.2, 0.25) is 5.06 Å². The molecule has 1 saturated carbocycles. The molecular weight excluding hydrogens is 380 g/mol. The van der Waals surface area contributed by atoms with Gasteiger partial charge < -0.3 is 9.64 Å². The summed E-state index contributed by atoms with van der Waals surface area (Å²) in [7, 11) is 2.00. The molecule has 0 unspecified atom stereocenters. The van der Waals surface area contributed by atoms with Crippen molar-refractivity contribution in [1.29, 1.82) is 5.26 Å². The Morgan fingerprint density at radius 1 is 1.28 bits per heavy atom. The molecule has 154 valence electrons. The van der Waals surface area contributed by atoms with Crippen molar-refractivity contribution >= 4 is 23.6 Å². The Morgan fingerprint density at radius 3 is 2.66 bits per heavy atom. The van der Waals surface area contributed by atoms with Gasteiger partial charge in [-0.3, -0.25) is 0 Å². The van der Waals surface area contributed by atoms with Crippen molar-refractivity contribution in [3.63, 3.8) is 0 Å². The van der Waals surface area contributed by atoms with Crippen molar-refractivity contribution < 1.29 is 4.74 Å². The summed E-state index contributed by atoms with van der Waals surface area (Å²) in [4.78, 5) is 6.61. The molecule has 0 atom stereocenters. The highest BCUT2D eigenvalue weighted by Gasteiger charge is 2.35. The quantitative estimate of drug-likeness (QED) is 0.417. The zero-order valence-electron chi connectivity index (χ0n) is 18.1. The Kier molecular flexibility index (Phi) is 6.59. The SMILES string of the molecule is CCN(C)/C=N\c1cc(C)c(Oc2snc(C3(C)CCCCC3)c2C#N)cc1C. The van der Waals surface area contributed by atoms with E-state index in [2.05, 4.69) is 29.3 Å². The lowest BCUT2D eigenvalue weighted by atomic mass is 9.72. The summed E-state index contributed by atoms with van der Waals surface area (Å²) in [5.41, 5.74) is 4.45. The van der Waals surface area contributed by atoms with Crippen LogP contribution < -0.4 is 4.74 Å². The van der Waals surface area contributed by atoms with Crippen LogP contribution in [0.25, 0.3) is 0 Å². The lowest BCUT2D eigenvalue weighted by Gasteiger charge is -2.32. The summed E-state index contributed by atoms with van der Waals surface area (Å²) in [6.07, 6.45) is 7.68. The number of aryl methyl sites for hydroxylation is 2. The van der Waals surface area contributed by atoms with Crippen LogP contribution in [0, 0.1) is 25.2 Å². The number of aliphatic imine (C=N–C) groups is 1. The molecule has 3 rings (SSSR count). The Balaban J connectivity index is 1.88. The molecule has 5 nitrogen and oxygen atoms in total. The van der Waals surface area contributed by atoms with Gasteiger partial charge in [0.1, 0.15) is 17.4 Å². The molecule has 1 fully saturated rings. The van der Waals surface area contributed by atoms with Crippen LogP contribution in [0.5, 0.6) is 10.8 Å². The summed E-state index contributed by atoms with van der Waals surface area (Å²) in [5.74, 6) is 0.755. The number of nitriles is 1. The third-order valence-corrected chi connectivity index (χ3v) is 6.62. The van der Waals surface area contributed by atoms with E-state index in [-0.39, 0.29) is 5.41 Å². The molecule has 2 aromatic rings. The summed E-state index contributed by atoms with van der Waals surface area (Å²) in [6.45, 7) is 9.27. The number of benzene rings is 1. The minimum absolute atomic E-state index is 0.0176. The lowest BCUT2D eigenvalue weighted by Crippen LogP contribution is -2.26. The highest BCUT2D eigenvalue weighted by molar-refractivity contribution is 7.08. The van der Waals surface area contributed by atoms with Crippen molar-refractivity contribution in [1.82, 2.24) is 9.27 Å². The fraction of sp³-hybridized carbons (Fsp3) is 0.522. The topological polar surface area (TPSA) is 61.5 Å². The van der Waals surface area contributed by atoms with E-state index in [1.165, 1.54) is 30.8 Å². The van der Waals surface area contributed by atoms with E-state index in [4.69, 9.17) is 4.74 Å². The van der Waals surface area contributed by atoms with E-state index in [0.717, 1.165) is 47.6 Å². The molecule has 0 N–H and O–H groups in total. The van der Waals surface area contributed by atoms with Crippen LogP contribution in [-0.2, 0) is 5.41 Å². The summed E-state index contributed by atoms with van der Waals surface area (Å²) in [6, 6.07) is 6.39. The monoisotopic (exact) mass is 410 g/mol. The molecule has 1 aliphatic carbocycles. The van der Waals surface area contributed by atoms with E-state index < -0.39 is 0 Å². The van der Waals surface area contributed by atoms with Gasteiger partial charge in [-0.05, 0) is 56.9 Å². The maximum atomic E-state index is 9.84. The van der Waals surface area contributed by atoms with Crippen LogP contribution in [0.4, 0.5) is 5.69 Å². The van der Waals surface area contributed by atoms with Gasteiger partial charge in [-0.15, -0.1) is 0 Å². The summed E-state index contributed by atoms with van der Waals surface area (Å²) in [5, 5.41) is 10.4. The number of rotatable bonds is 6. The van der Waals surface area contributed by atoms with Crippen molar-refractivity contribution in [3.8, 4) is 16.9 Å². The minimum Gasteiger partial charge on any atom is -0.443 e. The predicted molar refractivity (Wildman–Crippen MR) is 120 cm³/mol. The van der Waals surface area contributed by atoms with E-state index in [9.17, 15) is 5.26 Å². The van der Waals surface area contributed by atoms with Crippen LogP contribution in [0.3, 0.4) is 0 Å². The second-order valence-corrected chi connectivity index (χ2v) is 8.99. The van der Waals surface area contributed by atoms with Gasteiger partial charge in [0.05, 0.1) is 17.7 Å². The first kappa shape index (κ1) is 21.3. The van der Waals surface area contributed by atoms with Crippen molar-refractivity contribution in [2.75, 3.05) is 13.6 Å². The van der Waals surface area contributed by atoms with Gasteiger partial charge in [0.15, 0.2) is 0 Å². The molecule has 0 radical (unpaired) electrons. The molecule has 1 aromatic heterocycles. The van der Waals surface area contributed by atoms with Crippen LogP contribution in [0.2, 0.25) is 0 Å². The Labute approximate surface area is 178 Å². The zero-order chi connectivity index (χ0) is 21.0. The second kappa shape index (κ2) is 8.96. The third-order valence-electron chi connectivity index (χ3n) is 5.89. The lowest BCUT2D eigenvalue weighted by molar-refractivity contribution is 0.313. The van der Waals surface area contributed by atoms with Gasteiger partial charge in [-0.25, -0.2) is 4.99 Å². The maximum absolute atomic E-state index is 9.84. The van der Waals surface area contributed by atoms with E-state index in [1.54, 1.807) is 0 Å². The fourth-order valence-electron chi connectivity index (χ4n) is 3.79. The molecule has 1 aliphatic rings. The van der Waals surface area contributed by atoms with Crippen LogP contribution in [-0.4, -0.2) is 29.2 Å². The molecule has 0 spiro atoms. The number of ether oxygens (including phenoxy) is 1. The second-order valence-electron chi connectivity index (χ2n) is 8.25. The zero-order valence-corrected chi connectivity index (χ0v) is 18.9. The third kappa shape index (κ3) is 4.62. The molecule has 6 heteroatoms. The number of nitrogens with zero attached hydrogens (tertiary/aromatic N) is 4. The van der Waals surface area contributed by atoms with Crippen LogP contribution in [0.15, 0.2) is 17.1 Å². The molecule has 1 heterocycles. The smallest absolute Gasteiger partial charge is 0.218 e. The van der Waals surface area contributed by atoms with E-state index in [0.29, 0.717) is 10.6 Å². The van der Waals surface area contributed by atoms with Crippen molar-refractivity contribution in [2.45, 2.75) is 65.2 Å². The Bertz CT molecular complexity index is 935. The molecule has 1 aromatic carbocycles. The highest BCUT2D eigenvalue weighted by Crippen LogP contribution is 2.44. The van der Waals surface area contributed by atoms with Crippen LogP contribution in [0.1, 0.15) is 68.3 Å². The van der Waals surface area contributed by atoms with E-state index >= 15 is 0 Å². The molecule has 0 amide bonds. The van der Waals surface area contributed by atoms with Crippen molar-refractivity contribution in [2.24, 2.45) is 4.99 Å². The van der Waals surface area contributed by atoms with Crippen LogP contribution >= 0.6 is 11.5 Å². The first-order valence-electron chi connectivity index (χ1n) is 10.3. The normalized spacial score (nSPS) is 16.0. The van der Waals surface area contributed by atoms with Gasteiger partial charge >= 0.3 is 0 Å². The fourth-order valence-corrected chi connectivity index (χ4v) is 4.64. The minimum atomic E-state index is -0.0176. The molecule has 29 heavy (non-hydrogen) atoms. The largest absolute Gasteiger partial charge is 0.443 e. The van der Waals surface area contributed by atoms with Gasteiger partial charge in [-0.1, -0.05) is 26.2 Å². The molecule has 0 aliphatic heterocycles. The first-order chi connectivity index (χ1) is 13.9. The number of hydrogen-bond donors (Lipinski definition) is 0. The number of aromatic nitrogens is 1. The van der Waals surface area contributed by atoms with Gasteiger partial charge in [-0.2, -0.15) is 9.64 Å². The maximum Gasteiger partial charge on any atom is 0.218 e. The van der Waals surface area contributed by atoms with E-state index in [1.807, 2.05) is 44.3 Å². The Morgan fingerprint density at radius 2 is 2.00 bits per heavy atom. The van der Waals surface area contributed by atoms with Crippen molar-refractivity contribution in [3.05, 3.63) is 34.5 Å². The number of hydrogen-bond acceptors (Lipinski definition) is 5.